The second-order valence-electron chi connectivity index (χ2n) is 11.4. The van der Waals surface area contributed by atoms with Crippen LogP contribution in [0.1, 0.15) is 81.6 Å². The third-order valence-corrected chi connectivity index (χ3v) is 8.58. The molecule has 2 saturated carbocycles. The molecule has 0 unspecified atom stereocenters. The molecule has 0 bridgehead atoms. The number of halogens is 5. The van der Waals surface area contributed by atoms with Crippen LogP contribution in [0.3, 0.4) is 0 Å². The predicted octanol–water partition coefficient (Wildman–Crippen LogP) is 8.54. The summed E-state index contributed by atoms with van der Waals surface area (Å²) < 4.78 is 87.4. The van der Waals surface area contributed by atoms with Crippen LogP contribution in [0.15, 0.2) is 36.4 Å². The van der Waals surface area contributed by atoms with Gasteiger partial charge in [-0.05, 0) is 80.8 Å². The van der Waals surface area contributed by atoms with Crippen LogP contribution in [-0.2, 0) is 9.47 Å². The Morgan fingerprint density at radius 1 is 0.763 bits per heavy atom. The Kier molecular flexibility index (Phi) is 8.29. The van der Waals surface area contributed by atoms with Gasteiger partial charge in [-0.15, -0.1) is 0 Å². The summed E-state index contributed by atoms with van der Waals surface area (Å²) >= 11 is 0. The summed E-state index contributed by atoms with van der Waals surface area (Å²) in [5, 5.41) is 0. The molecule has 2 aromatic carbocycles. The van der Waals surface area contributed by atoms with Crippen molar-refractivity contribution < 1.29 is 36.2 Å². The van der Waals surface area contributed by atoms with Crippen LogP contribution in [0.25, 0.3) is 0 Å². The average molecular weight is 539 g/mol. The quantitative estimate of drug-likeness (QED) is 0.345. The van der Waals surface area contributed by atoms with Crippen molar-refractivity contribution in [1.29, 1.82) is 0 Å². The lowest BCUT2D eigenvalue weighted by molar-refractivity contribution is -0.224. The molecule has 8 heteroatoms. The minimum Gasteiger partial charge on any atom is -0.432 e. The minimum atomic E-state index is -3.49. The molecule has 0 amide bonds. The van der Waals surface area contributed by atoms with E-state index in [9.17, 15) is 17.6 Å². The standard InChI is InChI=1S/C30H35F5O3/c1-18-16-36-29(37-17-18)22-8-11-27(28(33)12-22)21-4-2-19(3-5-21)20-6-9-23(10-7-20)30(34,35)38-26-14-24(31)13-25(32)15-26/h8,11-15,18-21,23,29H,2-7,9-10,16-17H2,1H3. The zero-order chi connectivity index (χ0) is 26.9. The summed E-state index contributed by atoms with van der Waals surface area (Å²) in [7, 11) is 0. The fraction of sp³-hybridized carbons (Fsp3) is 0.600. The van der Waals surface area contributed by atoms with E-state index < -0.39 is 35.7 Å². The second kappa shape index (κ2) is 11.5. The predicted molar refractivity (Wildman–Crippen MR) is 132 cm³/mol. The summed E-state index contributed by atoms with van der Waals surface area (Å²) in [4.78, 5) is 0. The summed E-state index contributed by atoms with van der Waals surface area (Å²) in [6.07, 6.45) is 1.57. The van der Waals surface area contributed by atoms with Gasteiger partial charge in [-0.3, -0.25) is 0 Å². The molecule has 208 valence electrons. The van der Waals surface area contributed by atoms with Crippen LogP contribution in [0.4, 0.5) is 22.0 Å². The number of hydrogen-bond donors (Lipinski definition) is 0. The maximum atomic E-state index is 15.0. The van der Waals surface area contributed by atoms with Crippen molar-refractivity contribution in [3.8, 4) is 5.75 Å². The summed E-state index contributed by atoms with van der Waals surface area (Å²) in [5.74, 6) is -2.35. The molecule has 2 aromatic rings. The smallest absolute Gasteiger partial charge is 0.400 e. The van der Waals surface area contributed by atoms with Gasteiger partial charge in [0.1, 0.15) is 23.2 Å². The molecule has 38 heavy (non-hydrogen) atoms. The molecular weight excluding hydrogens is 503 g/mol. The van der Waals surface area contributed by atoms with Crippen LogP contribution in [0.5, 0.6) is 5.75 Å². The first-order valence-corrected chi connectivity index (χ1v) is 13.7. The van der Waals surface area contributed by atoms with E-state index >= 15 is 4.39 Å². The molecule has 0 atom stereocenters. The lowest BCUT2D eigenvalue weighted by Crippen LogP contribution is -2.38. The molecule has 1 heterocycles. The number of ether oxygens (including phenoxy) is 3. The number of rotatable bonds is 6. The van der Waals surface area contributed by atoms with Gasteiger partial charge in [-0.1, -0.05) is 19.1 Å². The van der Waals surface area contributed by atoms with Gasteiger partial charge < -0.3 is 14.2 Å². The van der Waals surface area contributed by atoms with E-state index in [1.54, 1.807) is 0 Å². The summed E-state index contributed by atoms with van der Waals surface area (Å²) in [5.41, 5.74) is 1.43. The topological polar surface area (TPSA) is 27.7 Å². The van der Waals surface area contributed by atoms with Crippen molar-refractivity contribution in [2.45, 2.75) is 76.6 Å². The van der Waals surface area contributed by atoms with E-state index in [0.717, 1.165) is 43.4 Å². The highest BCUT2D eigenvalue weighted by molar-refractivity contribution is 5.29. The Hall–Kier alpha value is -2.19. The molecule has 3 nitrogen and oxygen atoms in total. The van der Waals surface area contributed by atoms with E-state index in [2.05, 4.69) is 0 Å². The van der Waals surface area contributed by atoms with Gasteiger partial charge in [0, 0.05) is 29.7 Å². The Balaban J connectivity index is 1.11. The van der Waals surface area contributed by atoms with E-state index in [1.165, 1.54) is 6.07 Å². The Bertz CT molecular complexity index is 1070. The third-order valence-electron chi connectivity index (χ3n) is 8.58. The van der Waals surface area contributed by atoms with Crippen LogP contribution in [0.2, 0.25) is 0 Å². The Morgan fingerprint density at radius 3 is 1.92 bits per heavy atom. The summed E-state index contributed by atoms with van der Waals surface area (Å²) in [6, 6.07) is 7.45. The lowest BCUT2D eigenvalue weighted by atomic mass is 9.68. The van der Waals surface area contributed by atoms with Crippen molar-refractivity contribution in [2.24, 2.45) is 23.7 Å². The van der Waals surface area contributed by atoms with Gasteiger partial charge in [0.05, 0.1) is 19.1 Å². The Labute approximate surface area is 220 Å². The average Bonchev–Trinajstić information content (AvgIpc) is 2.88. The van der Waals surface area contributed by atoms with Crippen molar-refractivity contribution in [2.75, 3.05) is 13.2 Å². The van der Waals surface area contributed by atoms with Crippen molar-refractivity contribution in [1.82, 2.24) is 0 Å². The molecule has 3 aliphatic rings. The van der Waals surface area contributed by atoms with Crippen LogP contribution in [-0.4, -0.2) is 19.3 Å². The highest BCUT2D eigenvalue weighted by Crippen LogP contribution is 2.47. The second-order valence-corrected chi connectivity index (χ2v) is 11.4. The molecule has 0 aromatic heterocycles. The molecule has 1 aliphatic heterocycles. The molecule has 5 rings (SSSR count). The number of benzene rings is 2. The zero-order valence-electron chi connectivity index (χ0n) is 21.6. The first-order valence-electron chi connectivity index (χ1n) is 13.7. The maximum Gasteiger partial charge on any atom is 0.400 e. The van der Waals surface area contributed by atoms with Crippen LogP contribution >= 0.6 is 0 Å². The summed E-state index contributed by atoms with van der Waals surface area (Å²) in [6.45, 7) is 3.24. The molecule has 0 radical (unpaired) electrons. The molecular formula is C30H35F5O3. The Morgan fingerprint density at radius 2 is 1.34 bits per heavy atom. The van der Waals surface area contributed by atoms with Gasteiger partial charge in [-0.2, -0.15) is 8.78 Å². The van der Waals surface area contributed by atoms with Crippen molar-refractivity contribution in [3.05, 3.63) is 65.0 Å². The number of alkyl halides is 2. The SMILES string of the molecule is CC1COC(c2ccc(C3CCC(C4CCC(C(F)(F)Oc5cc(F)cc(F)c5)CC4)CC3)c(F)c2)OC1. The van der Waals surface area contributed by atoms with E-state index in [1.807, 2.05) is 19.1 Å². The van der Waals surface area contributed by atoms with Crippen molar-refractivity contribution in [3.63, 3.8) is 0 Å². The minimum absolute atomic E-state index is 0.147. The fourth-order valence-corrected chi connectivity index (χ4v) is 6.47. The van der Waals surface area contributed by atoms with Gasteiger partial charge >= 0.3 is 6.11 Å². The van der Waals surface area contributed by atoms with E-state index in [4.69, 9.17) is 14.2 Å². The lowest BCUT2D eigenvalue weighted by Gasteiger charge is -2.39. The van der Waals surface area contributed by atoms with Crippen LogP contribution in [0, 0.1) is 41.1 Å². The fourth-order valence-electron chi connectivity index (χ4n) is 6.47. The van der Waals surface area contributed by atoms with Crippen molar-refractivity contribution >= 4 is 0 Å². The van der Waals surface area contributed by atoms with E-state index in [-0.39, 0.29) is 11.7 Å². The van der Waals surface area contributed by atoms with Crippen LogP contribution < -0.4 is 4.74 Å². The molecule has 2 aliphatic carbocycles. The maximum absolute atomic E-state index is 15.0. The zero-order valence-corrected chi connectivity index (χ0v) is 21.6. The molecule has 0 N–H and O–H groups in total. The molecule has 0 spiro atoms. The monoisotopic (exact) mass is 538 g/mol. The van der Waals surface area contributed by atoms with Gasteiger partial charge in [0.15, 0.2) is 6.29 Å². The van der Waals surface area contributed by atoms with Gasteiger partial charge in [0.25, 0.3) is 0 Å². The highest BCUT2D eigenvalue weighted by atomic mass is 19.3. The highest BCUT2D eigenvalue weighted by Gasteiger charge is 2.45. The first kappa shape index (κ1) is 27.4. The number of hydrogen-bond acceptors (Lipinski definition) is 3. The third kappa shape index (κ3) is 6.33. The van der Waals surface area contributed by atoms with Gasteiger partial charge in [0.2, 0.25) is 0 Å². The molecule has 3 fully saturated rings. The molecule has 1 saturated heterocycles. The van der Waals surface area contributed by atoms with E-state index in [0.29, 0.717) is 68.3 Å². The van der Waals surface area contributed by atoms with Gasteiger partial charge in [-0.25, -0.2) is 13.2 Å². The largest absolute Gasteiger partial charge is 0.432 e. The first-order chi connectivity index (χ1) is 18.2. The normalized spacial score (nSPS) is 30.7.